The summed E-state index contributed by atoms with van der Waals surface area (Å²) in [6, 6.07) is 0. The molecular weight excluding hydrogens is 228 g/mol. The maximum atomic E-state index is 11.3. The zero-order chi connectivity index (χ0) is 10.9. The Balaban J connectivity index is 1.89. The highest BCUT2D eigenvalue weighted by atomic mass is 33.1. The first kappa shape index (κ1) is 13.4. The third-order valence-electron chi connectivity index (χ3n) is 2.43. The van der Waals surface area contributed by atoms with Crippen molar-refractivity contribution in [1.29, 1.82) is 0 Å². The Labute approximate surface area is 100 Å². The minimum atomic E-state index is 0.255. The third kappa shape index (κ3) is 6.48. The van der Waals surface area contributed by atoms with Crippen molar-refractivity contribution >= 4 is 27.4 Å². The number of unbranched alkanes of at least 4 members (excludes halogenated alkanes) is 1. The molecule has 88 valence electrons. The molecule has 0 saturated carbocycles. The third-order valence-corrected chi connectivity index (χ3v) is 5.43. The van der Waals surface area contributed by atoms with Gasteiger partial charge in [-0.2, -0.15) is 0 Å². The summed E-state index contributed by atoms with van der Waals surface area (Å²) in [5.41, 5.74) is 0. The molecule has 0 spiro atoms. The van der Waals surface area contributed by atoms with Crippen molar-refractivity contribution in [3.63, 3.8) is 0 Å². The first-order chi connectivity index (χ1) is 7.33. The molecule has 15 heavy (non-hydrogen) atoms. The fraction of sp³-hybridized carbons (Fsp3) is 0.909. The summed E-state index contributed by atoms with van der Waals surface area (Å²) < 4.78 is 5.07. The average molecular weight is 248 g/mol. The van der Waals surface area contributed by atoms with Gasteiger partial charge < -0.3 is 4.74 Å². The van der Waals surface area contributed by atoms with E-state index in [9.17, 15) is 4.79 Å². The first-order valence-corrected chi connectivity index (χ1v) is 8.09. The van der Waals surface area contributed by atoms with E-state index >= 15 is 0 Å². The summed E-state index contributed by atoms with van der Waals surface area (Å²) >= 11 is 0. The summed E-state index contributed by atoms with van der Waals surface area (Å²) in [4.78, 5) is 11.3. The van der Waals surface area contributed by atoms with Crippen LogP contribution in [0.25, 0.3) is 0 Å². The quantitative estimate of drug-likeness (QED) is 0.486. The maximum Gasteiger partial charge on any atom is 0.158 e. The summed E-state index contributed by atoms with van der Waals surface area (Å²) in [6.07, 6.45) is 5.55. The van der Waals surface area contributed by atoms with E-state index < -0.39 is 0 Å². The van der Waals surface area contributed by atoms with Crippen LogP contribution in [0.2, 0.25) is 0 Å². The molecule has 1 aliphatic rings. The van der Waals surface area contributed by atoms with E-state index in [4.69, 9.17) is 4.74 Å². The van der Waals surface area contributed by atoms with E-state index in [1.54, 1.807) is 0 Å². The van der Waals surface area contributed by atoms with Crippen molar-refractivity contribution in [1.82, 2.24) is 0 Å². The van der Waals surface area contributed by atoms with Crippen LogP contribution in [0.1, 0.15) is 39.0 Å². The SMILES string of the molecule is CCOCC(=O)CCCCC1CCSS1. The number of carbonyl (C=O) groups is 1. The van der Waals surface area contributed by atoms with Gasteiger partial charge in [-0.3, -0.25) is 4.79 Å². The van der Waals surface area contributed by atoms with Crippen molar-refractivity contribution in [2.24, 2.45) is 0 Å². The fourth-order valence-electron chi connectivity index (χ4n) is 1.55. The fourth-order valence-corrected chi connectivity index (χ4v) is 4.57. The average Bonchev–Trinajstić information content (AvgIpc) is 2.74. The Morgan fingerprint density at radius 2 is 2.33 bits per heavy atom. The predicted molar refractivity (Wildman–Crippen MR) is 68.4 cm³/mol. The Hall–Kier alpha value is 0.330. The van der Waals surface area contributed by atoms with E-state index in [2.05, 4.69) is 0 Å². The van der Waals surface area contributed by atoms with Gasteiger partial charge in [0.15, 0.2) is 5.78 Å². The molecule has 1 rings (SSSR count). The van der Waals surface area contributed by atoms with Gasteiger partial charge in [0.05, 0.1) is 0 Å². The van der Waals surface area contributed by atoms with Gasteiger partial charge in [-0.25, -0.2) is 0 Å². The van der Waals surface area contributed by atoms with Crippen molar-refractivity contribution in [2.45, 2.75) is 44.3 Å². The van der Waals surface area contributed by atoms with E-state index in [1.165, 1.54) is 25.0 Å². The molecule has 0 aromatic carbocycles. The van der Waals surface area contributed by atoms with Crippen LogP contribution in [0.4, 0.5) is 0 Å². The molecule has 0 aromatic heterocycles. The van der Waals surface area contributed by atoms with E-state index in [-0.39, 0.29) is 5.78 Å². The minimum absolute atomic E-state index is 0.255. The molecule has 1 atom stereocenters. The number of hydrogen-bond donors (Lipinski definition) is 0. The van der Waals surface area contributed by atoms with Crippen molar-refractivity contribution < 1.29 is 9.53 Å². The van der Waals surface area contributed by atoms with Gasteiger partial charge in [0, 0.05) is 24.0 Å². The lowest BCUT2D eigenvalue weighted by Crippen LogP contribution is -2.08. The molecule has 0 aliphatic carbocycles. The number of ether oxygens (including phenoxy) is 1. The molecule has 1 heterocycles. The number of ketones is 1. The van der Waals surface area contributed by atoms with Gasteiger partial charge in [-0.15, -0.1) is 0 Å². The lowest BCUT2D eigenvalue weighted by atomic mass is 10.1. The van der Waals surface area contributed by atoms with Gasteiger partial charge in [0.25, 0.3) is 0 Å². The number of rotatable bonds is 8. The van der Waals surface area contributed by atoms with Gasteiger partial charge in [-0.05, 0) is 26.2 Å². The first-order valence-electron chi connectivity index (χ1n) is 5.70. The topological polar surface area (TPSA) is 26.3 Å². The van der Waals surface area contributed by atoms with Gasteiger partial charge in [0.2, 0.25) is 0 Å². The van der Waals surface area contributed by atoms with Crippen LogP contribution in [0, 0.1) is 0 Å². The van der Waals surface area contributed by atoms with Gasteiger partial charge >= 0.3 is 0 Å². The smallest absolute Gasteiger partial charge is 0.158 e. The highest BCUT2D eigenvalue weighted by Gasteiger charge is 2.15. The van der Waals surface area contributed by atoms with Gasteiger partial charge in [-0.1, -0.05) is 28.0 Å². The summed E-state index contributed by atoms with van der Waals surface area (Å²) in [6.45, 7) is 2.87. The van der Waals surface area contributed by atoms with Gasteiger partial charge in [0.1, 0.15) is 6.61 Å². The Bertz CT molecular complexity index is 179. The Morgan fingerprint density at radius 1 is 1.47 bits per heavy atom. The normalized spacial score (nSPS) is 20.7. The lowest BCUT2D eigenvalue weighted by molar-refractivity contribution is -0.123. The van der Waals surface area contributed by atoms with Crippen LogP contribution in [0.3, 0.4) is 0 Å². The molecule has 1 saturated heterocycles. The molecule has 0 bridgehead atoms. The van der Waals surface area contributed by atoms with Crippen LogP contribution >= 0.6 is 21.6 Å². The second-order valence-corrected chi connectivity index (χ2v) is 6.54. The second kappa shape index (κ2) is 8.48. The van der Waals surface area contributed by atoms with Crippen LogP contribution in [-0.4, -0.2) is 30.0 Å². The molecule has 1 unspecified atom stereocenters. The zero-order valence-corrected chi connectivity index (χ0v) is 11.0. The van der Waals surface area contributed by atoms with E-state index in [1.807, 2.05) is 28.5 Å². The molecule has 0 amide bonds. The van der Waals surface area contributed by atoms with E-state index in [0.717, 1.165) is 11.7 Å². The van der Waals surface area contributed by atoms with E-state index in [0.29, 0.717) is 19.6 Å². The molecule has 2 nitrogen and oxygen atoms in total. The number of carbonyl (C=O) groups excluding carboxylic acids is 1. The molecule has 1 aliphatic heterocycles. The summed E-state index contributed by atoms with van der Waals surface area (Å²) in [5.74, 6) is 1.56. The van der Waals surface area contributed by atoms with Crippen molar-refractivity contribution in [3.05, 3.63) is 0 Å². The number of Topliss-reactive ketones (excluding diaryl/α,β-unsaturated/α-hetero) is 1. The highest BCUT2D eigenvalue weighted by molar-refractivity contribution is 8.77. The largest absolute Gasteiger partial charge is 0.374 e. The predicted octanol–water partition coefficient (Wildman–Crippen LogP) is 3.31. The molecule has 0 radical (unpaired) electrons. The minimum Gasteiger partial charge on any atom is -0.374 e. The summed E-state index contributed by atoms with van der Waals surface area (Å²) in [5, 5.41) is 0.844. The van der Waals surface area contributed by atoms with Crippen LogP contribution in [0.15, 0.2) is 0 Å². The second-order valence-electron chi connectivity index (χ2n) is 3.75. The summed E-state index contributed by atoms with van der Waals surface area (Å²) in [7, 11) is 4.01. The Kier molecular flexibility index (Phi) is 7.57. The van der Waals surface area contributed by atoms with Crippen LogP contribution in [0.5, 0.6) is 0 Å². The number of hydrogen-bond acceptors (Lipinski definition) is 4. The van der Waals surface area contributed by atoms with Crippen LogP contribution < -0.4 is 0 Å². The Morgan fingerprint density at radius 3 is 3.00 bits per heavy atom. The van der Waals surface area contributed by atoms with Crippen LogP contribution in [-0.2, 0) is 9.53 Å². The molecule has 4 heteroatoms. The monoisotopic (exact) mass is 248 g/mol. The molecule has 0 aromatic rings. The molecule has 1 fully saturated rings. The molecular formula is C11H20O2S2. The lowest BCUT2D eigenvalue weighted by Gasteiger charge is -2.06. The maximum absolute atomic E-state index is 11.3. The highest BCUT2D eigenvalue weighted by Crippen LogP contribution is 2.39. The zero-order valence-electron chi connectivity index (χ0n) is 9.37. The standard InChI is InChI=1S/C11H20O2S2/c1-2-13-9-10(12)5-3-4-6-11-7-8-14-15-11/h11H,2-9H2,1H3. The molecule has 0 N–H and O–H groups in total. The van der Waals surface area contributed by atoms with Crippen molar-refractivity contribution in [3.8, 4) is 0 Å². The van der Waals surface area contributed by atoms with Crippen molar-refractivity contribution in [2.75, 3.05) is 19.0 Å².